The molecule has 0 saturated carbocycles. The summed E-state index contributed by atoms with van der Waals surface area (Å²) in [6.07, 6.45) is 16.7. The molecule has 0 aliphatic heterocycles. The molecule has 2 unspecified atom stereocenters. The average Bonchev–Trinajstić information content (AvgIpc) is 2.80. The molecule has 186 valence electrons. The molecule has 31 heavy (non-hydrogen) atoms. The topological polar surface area (TPSA) is 9.23 Å². The molecule has 0 aliphatic carbocycles. The zero-order chi connectivity index (χ0) is 23.6. The number of hydrogen-bond donors (Lipinski definition) is 0. The van der Waals surface area contributed by atoms with Crippen molar-refractivity contribution in [2.45, 2.75) is 157 Å². The van der Waals surface area contributed by atoms with Crippen LogP contribution in [0.1, 0.15) is 120 Å². The Labute approximate surface area is 203 Å². The van der Waals surface area contributed by atoms with Gasteiger partial charge in [-0.15, -0.1) is 0 Å². The van der Waals surface area contributed by atoms with Gasteiger partial charge in [-0.3, -0.25) is 0 Å². The monoisotopic (exact) mass is 560 g/mol. The van der Waals surface area contributed by atoms with E-state index in [0.717, 1.165) is 0 Å². The zero-order valence-corrected chi connectivity index (χ0v) is 26.9. The predicted octanol–water partition coefficient (Wildman–Crippen LogP) is 10.5. The molecule has 0 heterocycles. The summed E-state index contributed by atoms with van der Waals surface area (Å²) in [7, 11) is -1.56. The third-order valence-electron chi connectivity index (χ3n) is 7.91. The first-order chi connectivity index (χ1) is 14.9. The fourth-order valence-corrected chi connectivity index (χ4v) is 22.5. The first-order valence-electron chi connectivity index (χ1n) is 14.3. The van der Waals surface area contributed by atoms with Gasteiger partial charge in [-0.2, -0.15) is 0 Å². The fraction of sp³-hybridized carbons (Fsp3) is 0.929. The second-order valence-electron chi connectivity index (χ2n) is 10.3. The second-order valence-corrected chi connectivity index (χ2v) is 28.1. The minimum atomic E-state index is -2.17. The molecule has 0 spiro atoms. The molecule has 0 amide bonds. The molecule has 0 aromatic rings. The molecule has 0 radical (unpaired) electrons. The van der Waals surface area contributed by atoms with E-state index in [9.17, 15) is 0 Å². The normalized spacial score (nSPS) is 15.0. The summed E-state index contributed by atoms with van der Waals surface area (Å²) in [5, 5.41) is 0. The second kappa shape index (κ2) is 19.1. The Bertz CT molecular complexity index is 403. The van der Waals surface area contributed by atoms with E-state index in [1.807, 2.05) is 0 Å². The van der Waals surface area contributed by atoms with Crippen LogP contribution in [0.25, 0.3) is 0 Å². The van der Waals surface area contributed by atoms with Crippen LogP contribution in [0, 0.1) is 5.92 Å². The number of unbranched alkanes of at least 4 members (excludes halogenated alkanes) is 4. The number of hydrogen-bond acceptors (Lipinski definition) is 1. The number of rotatable bonds is 21. The van der Waals surface area contributed by atoms with Crippen LogP contribution >= 0.6 is 0 Å². The van der Waals surface area contributed by atoms with E-state index in [1.165, 1.54) is 82.3 Å². The van der Waals surface area contributed by atoms with Gasteiger partial charge < -0.3 is 0 Å². The molecule has 0 saturated heterocycles. The summed E-state index contributed by atoms with van der Waals surface area (Å²) >= 11 is -2.17. The summed E-state index contributed by atoms with van der Waals surface area (Å²) in [6.45, 7) is 19.1. The van der Waals surface area contributed by atoms with Crippen LogP contribution in [0.15, 0.2) is 10.2 Å². The van der Waals surface area contributed by atoms with Gasteiger partial charge in [-0.05, 0) is 0 Å². The van der Waals surface area contributed by atoms with E-state index in [2.05, 4.69) is 65.6 Å². The van der Waals surface area contributed by atoms with Crippen molar-refractivity contribution in [3.63, 3.8) is 0 Å². The van der Waals surface area contributed by atoms with Gasteiger partial charge in [0.2, 0.25) is 0 Å². The molecule has 0 fully saturated rings. The van der Waals surface area contributed by atoms with E-state index in [4.69, 9.17) is 4.43 Å². The van der Waals surface area contributed by atoms with E-state index in [1.54, 1.807) is 13.3 Å². The van der Waals surface area contributed by atoms with E-state index >= 15 is 0 Å². The van der Waals surface area contributed by atoms with Crippen molar-refractivity contribution in [1.29, 1.82) is 0 Å². The van der Waals surface area contributed by atoms with Crippen LogP contribution < -0.4 is 0 Å². The van der Waals surface area contributed by atoms with Gasteiger partial charge in [-0.1, -0.05) is 0 Å². The first kappa shape index (κ1) is 31.7. The van der Waals surface area contributed by atoms with Crippen molar-refractivity contribution < 1.29 is 4.43 Å². The SMILES string of the molecule is CCCCC(C)C(C/C=[CH]/[Sn]([CH2]CCC)([CH2]CCC)[CH2]CCC)O[Si](CC)(CC)CC. The van der Waals surface area contributed by atoms with Crippen LogP contribution in [0.5, 0.6) is 0 Å². The molecule has 0 bridgehead atoms. The third-order valence-corrected chi connectivity index (χ3v) is 26.8. The Balaban J connectivity index is 5.57. The Kier molecular flexibility index (Phi) is 19.5. The molecule has 0 aromatic heterocycles. The quantitative estimate of drug-likeness (QED) is 0.127. The van der Waals surface area contributed by atoms with Crippen molar-refractivity contribution in [2.24, 2.45) is 5.92 Å². The zero-order valence-electron chi connectivity index (χ0n) is 23.0. The summed E-state index contributed by atoms with van der Waals surface area (Å²) in [5.74, 6) is 0.688. The Morgan fingerprint density at radius 2 is 1.16 bits per heavy atom. The van der Waals surface area contributed by atoms with Crippen molar-refractivity contribution in [3.8, 4) is 0 Å². The van der Waals surface area contributed by atoms with Gasteiger partial charge in [-0.25, -0.2) is 0 Å². The Morgan fingerprint density at radius 3 is 1.55 bits per heavy atom. The van der Waals surface area contributed by atoms with Crippen molar-refractivity contribution in [3.05, 3.63) is 10.2 Å². The van der Waals surface area contributed by atoms with Crippen molar-refractivity contribution in [2.75, 3.05) is 0 Å². The van der Waals surface area contributed by atoms with Gasteiger partial charge in [0.15, 0.2) is 0 Å². The average molecular weight is 560 g/mol. The van der Waals surface area contributed by atoms with Gasteiger partial charge in [0.25, 0.3) is 0 Å². The summed E-state index contributed by atoms with van der Waals surface area (Å²) in [6, 6.07) is 3.81. The van der Waals surface area contributed by atoms with Crippen LogP contribution in [-0.2, 0) is 4.43 Å². The molecule has 0 aromatic carbocycles. The maximum absolute atomic E-state index is 7.11. The summed E-state index contributed by atoms with van der Waals surface area (Å²) in [4.78, 5) is 0. The van der Waals surface area contributed by atoms with Gasteiger partial charge >= 0.3 is 204 Å². The van der Waals surface area contributed by atoms with Gasteiger partial charge in [0, 0.05) is 0 Å². The van der Waals surface area contributed by atoms with Crippen LogP contribution in [0.3, 0.4) is 0 Å². The van der Waals surface area contributed by atoms with E-state index in [-0.39, 0.29) is 0 Å². The van der Waals surface area contributed by atoms with Crippen molar-refractivity contribution in [1.82, 2.24) is 0 Å². The molecule has 1 nitrogen and oxygen atoms in total. The van der Waals surface area contributed by atoms with Crippen LogP contribution in [-0.4, -0.2) is 32.8 Å². The molecular weight excluding hydrogens is 499 g/mol. The Morgan fingerprint density at radius 1 is 0.710 bits per heavy atom. The minimum absolute atomic E-state index is 0.446. The molecule has 0 aliphatic rings. The molecular formula is C28H60OSiSn. The molecule has 2 atom stereocenters. The van der Waals surface area contributed by atoms with Crippen LogP contribution in [0.2, 0.25) is 31.4 Å². The molecule has 0 N–H and O–H groups in total. The van der Waals surface area contributed by atoms with E-state index in [0.29, 0.717) is 12.0 Å². The third kappa shape index (κ3) is 12.7. The van der Waals surface area contributed by atoms with Crippen molar-refractivity contribution >= 4 is 26.7 Å². The van der Waals surface area contributed by atoms with Gasteiger partial charge in [0.1, 0.15) is 0 Å². The Hall–Kier alpha value is 0.716. The fourth-order valence-electron chi connectivity index (χ4n) is 5.09. The van der Waals surface area contributed by atoms with Crippen LogP contribution in [0.4, 0.5) is 0 Å². The molecule has 3 heteroatoms. The van der Waals surface area contributed by atoms with E-state index < -0.39 is 26.7 Å². The summed E-state index contributed by atoms with van der Waals surface area (Å²) in [5.41, 5.74) is 0. The standard InChI is InChI=1S/C16H33OSi.3C4H9.Sn/c1-7-12-14-15(6)16(13-8-2)17-18(9-3,10-4)11-5;3*1-3-4-2;/h2,8,15-16H,7,9-14H2,1,3-6H3;3*1,3-4H2,2H3;. The predicted molar refractivity (Wildman–Crippen MR) is 149 cm³/mol. The van der Waals surface area contributed by atoms with Gasteiger partial charge in [0.05, 0.1) is 0 Å². The molecule has 0 rings (SSSR count). The first-order valence-corrected chi connectivity index (χ1v) is 24.5. The summed E-state index contributed by atoms with van der Waals surface area (Å²) < 4.78 is 14.7. The maximum atomic E-state index is 7.11.